The standard InChI is InChI=1S/C15H22N2O5S/c1-4-5-14(18)17-12-7-6-11(10-13(12)22-2)16-15(19)8-9-23(3,20)21/h6-7,10H,4-5,8-9H2,1-3H3,(H,16,19)(H,17,18). The van der Waals surface area contributed by atoms with E-state index in [-0.39, 0.29) is 18.1 Å². The fourth-order valence-corrected chi connectivity index (χ4v) is 2.37. The first-order chi connectivity index (χ1) is 10.7. The maximum Gasteiger partial charge on any atom is 0.225 e. The number of hydrogen-bond acceptors (Lipinski definition) is 5. The summed E-state index contributed by atoms with van der Waals surface area (Å²) in [6, 6.07) is 4.81. The van der Waals surface area contributed by atoms with Crippen molar-refractivity contribution < 1.29 is 22.7 Å². The van der Waals surface area contributed by atoms with E-state index in [9.17, 15) is 18.0 Å². The Labute approximate surface area is 136 Å². The molecule has 8 heteroatoms. The van der Waals surface area contributed by atoms with Gasteiger partial charge in [0.05, 0.1) is 18.6 Å². The summed E-state index contributed by atoms with van der Waals surface area (Å²) in [5.41, 5.74) is 0.980. The van der Waals surface area contributed by atoms with Gasteiger partial charge in [0.25, 0.3) is 0 Å². The maximum absolute atomic E-state index is 11.7. The third-order valence-electron chi connectivity index (χ3n) is 2.94. The Morgan fingerprint density at radius 1 is 1.13 bits per heavy atom. The molecule has 0 heterocycles. The van der Waals surface area contributed by atoms with Crippen molar-refractivity contribution in [3.8, 4) is 5.75 Å². The van der Waals surface area contributed by atoms with Crippen LogP contribution in [0.3, 0.4) is 0 Å². The maximum atomic E-state index is 11.7. The second-order valence-electron chi connectivity index (χ2n) is 5.14. The smallest absolute Gasteiger partial charge is 0.225 e. The topological polar surface area (TPSA) is 102 Å². The minimum Gasteiger partial charge on any atom is -0.494 e. The van der Waals surface area contributed by atoms with Crippen LogP contribution in [0.4, 0.5) is 11.4 Å². The minimum atomic E-state index is -3.18. The Balaban J connectivity index is 2.75. The summed E-state index contributed by atoms with van der Waals surface area (Å²) in [5.74, 6) is -0.312. The number of anilines is 2. The zero-order chi connectivity index (χ0) is 17.5. The Bertz CT molecular complexity index is 670. The van der Waals surface area contributed by atoms with Gasteiger partial charge in [0, 0.05) is 30.9 Å². The summed E-state index contributed by atoms with van der Waals surface area (Å²) in [4.78, 5) is 23.3. The summed E-state index contributed by atoms with van der Waals surface area (Å²) in [6.45, 7) is 1.91. The van der Waals surface area contributed by atoms with Gasteiger partial charge in [-0.05, 0) is 18.6 Å². The molecule has 0 aromatic heterocycles. The molecule has 1 aromatic carbocycles. The lowest BCUT2D eigenvalue weighted by Crippen LogP contribution is -2.17. The van der Waals surface area contributed by atoms with Crippen molar-refractivity contribution in [3.63, 3.8) is 0 Å². The molecule has 1 aromatic rings. The molecule has 7 nitrogen and oxygen atoms in total. The zero-order valence-corrected chi connectivity index (χ0v) is 14.3. The third-order valence-corrected chi connectivity index (χ3v) is 3.88. The third kappa shape index (κ3) is 7.14. The molecule has 0 unspecified atom stereocenters. The second-order valence-corrected chi connectivity index (χ2v) is 7.40. The van der Waals surface area contributed by atoms with Crippen molar-refractivity contribution >= 4 is 33.0 Å². The lowest BCUT2D eigenvalue weighted by molar-refractivity contribution is -0.116. The van der Waals surface area contributed by atoms with Gasteiger partial charge in [-0.15, -0.1) is 0 Å². The lowest BCUT2D eigenvalue weighted by atomic mass is 10.2. The highest BCUT2D eigenvalue weighted by Crippen LogP contribution is 2.28. The molecule has 0 aliphatic carbocycles. The molecule has 0 aliphatic rings. The van der Waals surface area contributed by atoms with Crippen LogP contribution in [0.5, 0.6) is 5.75 Å². The van der Waals surface area contributed by atoms with Crippen LogP contribution in [-0.2, 0) is 19.4 Å². The molecule has 0 radical (unpaired) electrons. The van der Waals surface area contributed by atoms with E-state index in [1.54, 1.807) is 18.2 Å². The van der Waals surface area contributed by atoms with Crippen molar-refractivity contribution in [3.05, 3.63) is 18.2 Å². The highest BCUT2D eigenvalue weighted by molar-refractivity contribution is 7.90. The molecule has 0 aliphatic heterocycles. The van der Waals surface area contributed by atoms with Crippen molar-refractivity contribution in [1.82, 2.24) is 0 Å². The number of benzene rings is 1. The van der Waals surface area contributed by atoms with Crippen LogP contribution in [-0.4, -0.2) is 39.4 Å². The van der Waals surface area contributed by atoms with Crippen LogP contribution in [0.1, 0.15) is 26.2 Å². The summed E-state index contributed by atoms with van der Waals surface area (Å²) in [7, 11) is -1.72. The number of ether oxygens (including phenoxy) is 1. The molecule has 2 N–H and O–H groups in total. The zero-order valence-electron chi connectivity index (χ0n) is 13.5. The molecule has 23 heavy (non-hydrogen) atoms. The Hall–Kier alpha value is -2.09. The first-order valence-corrected chi connectivity index (χ1v) is 9.26. The summed E-state index contributed by atoms with van der Waals surface area (Å²) < 4.78 is 27.3. The van der Waals surface area contributed by atoms with Crippen molar-refractivity contribution in [2.45, 2.75) is 26.2 Å². The van der Waals surface area contributed by atoms with E-state index in [0.717, 1.165) is 12.7 Å². The normalized spacial score (nSPS) is 10.9. The molecule has 0 fully saturated rings. The van der Waals surface area contributed by atoms with Gasteiger partial charge in [-0.1, -0.05) is 6.92 Å². The number of hydrogen-bond donors (Lipinski definition) is 2. The predicted octanol–water partition coefficient (Wildman–Crippen LogP) is 1.81. The van der Waals surface area contributed by atoms with E-state index in [4.69, 9.17) is 4.74 Å². The molecular formula is C15H22N2O5S. The number of carbonyl (C=O) groups is 2. The van der Waals surface area contributed by atoms with Crippen molar-refractivity contribution in [2.24, 2.45) is 0 Å². The van der Waals surface area contributed by atoms with Gasteiger partial charge in [0.2, 0.25) is 11.8 Å². The average Bonchev–Trinajstić information content (AvgIpc) is 2.46. The van der Waals surface area contributed by atoms with Gasteiger partial charge >= 0.3 is 0 Å². The van der Waals surface area contributed by atoms with Gasteiger partial charge in [0.15, 0.2) is 0 Å². The van der Waals surface area contributed by atoms with E-state index in [0.29, 0.717) is 23.5 Å². The number of nitrogens with one attached hydrogen (secondary N) is 2. The number of sulfone groups is 1. The first-order valence-electron chi connectivity index (χ1n) is 7.20. The second kappa shape index (κ2) is 8.52. The Morgan fingerprint density at radius 3 is 2.35 bits per heavy atom. The fraction of sp³-hybridized carbons (Fsp3) is 0.467. The van der Waals surface area contributed by atoms with Gasteiger partial charge < -0.3 is 15.4 Å². The molecule has 0 atom stereocenters. The molecule has 128 valence electrons. The predicted molar refractivity (Wildman–Crippen MR) is 89.5 cm³/mol. The average molecular weight is 342 g/mol. The van der Waals surface area contributed by atoms with E-state index < -0.39 is 15.7 Å². The molecular weight excluding hydrogens is 320 g/mol. The number of amides is 2. The highest BCUT2D eigenvalue weighted by atomic mass is 32.2. The fourth-order valence-electron chi connectivity index (χ4n) is 1.81. The molecule has 0 spiro atoms. The van der Waals surface area contributed by atoms with Crippen LogP contribution in [0.25, 0.3) is 0 Å². The Morgan fingerprint density at radius 2 is 1.78 bits per heavy atom. The lowest BCUT2D eigenvalue weighted by Gasteiger charge is -2.12. The van der Waals surface area contributed by atoms with Crippen LogP contribution in [0, 0.1) is 0 Å². The minimum absolute atomic E-state index is 0.115. The largest absolute Gasteiger partial charge is 0.494 e. The Kier molecular flexibility index (Phi) is 7.02. The van der Waals surface area contributed by atoms with Crippen LogP contribution in [0.15, 0.2) is 18.2 Å². The van der Waals surface area contributed by atoms with E-state index in [1.807, 2.05) is 6.92 Å². The van der Waals surface area contributed by atoms with Gasteiger partial charge in [0.1, 0.15) is 15.6 Å². The van der Waals surface area contributed by atoms with E-state index in [1.165, 1.54) is 7.11 Å². The molecule has 1 rings (SSSR count). The van der Waals surface area contributed by atoms with Crippen LogP contribution >= 0.6 is 0 Å². The summed E-state index contributed by atoms with van der Waals surface area (Å²) in [6.07, 6.45) is 2.11. The van der Waals surface area contributed by atoms with Crippen molar-refractivity contribution in [1.29, 1.82) is 0 Å². The highest BCUT2D eigenvalue weighted by Gasteiger charge is 2.11. The molecule has 0 saturated carbocycles. The van der Waals surface area contributed by atoms with Crippen LogP contribution < -0.4 is 15.4 Å². The quantitative estimate of drug-likeness (QED) is 0.750. The molecule has 0 bridgehead atoms. The van der Waals surface area contributed by atoms with Gasteiger partial charge in [-0.2, -0.15) is 0 Å². The summed E-state index contributed by atoms with van der Waals surface area (Å²) >= 11 is 0. The SMILES string of the molecule is CCCC(=O)Nc1ccc(NC(=O)CCS(C)(=O)=O)cc1OC. The van der Waals surface area contributed by atoms with Crippen LogP contribution in [0.2, 0.25) is 0 Å². The number of carbonyl (C=O) groups excluding carboxylic acids is 2. The number of rotatable bonds is 8. The van der Waals surface area contributed by atoms with E-state index in [2.05, 4.69) is 10.6 Å². The number of methoxy groups -OCH3 is 1. The monoisotopic (exact) mass is 342 g/mol. The van der Waals surface area contributed by atoms with Gasteiger partial charge in [-0.3, -0.25) is 9.59 Å². The molecule has 2 amide bonds. The van der Waals surface area contributed by atoms with Gasteiger partial charge in [-0.25, -0.2) is 8.42 Å². The van der Waals surface area contributed by atoms with E-state index >= 15 is 0 Å². The first kappa shape index (κ1) is 19.0. The summed E-state index contributed by atoms with van der Waals surface area (Å²) in [5, 5.41) is 5.33. The molecule has 0 saturated heterocycles. The van der Waals surface area contributed by atoms with Crippen molar-refractivity contribution in [2.75, 3.05) is 29.8 Å².